The summed E-state index contributed by atoms with van der Waals surface area (Å²) < 4.78 is 4.85. The van der Waals surface area contributed by atoms with E-state index in [9.17, 15) is 0 Å². The predicted molar refractivity (Wildman–Crippen MR) is 104 cm³/mol. The van der Waals surface area contributed by atoms with Crippen LogP contribution in [0.15, 0.2) is 77.3 Å². The molecule has 0 atom stereocenters. The molecule has 0 fully saturated rings. The van der Waals surface area contributed by atoms with Gasteiger partial charge in [0.25, 0.3) is 0 Å². The van der Waals surface area contributed by atoms with Crippen molar-refractivity contribution in [2.75, 3.05) is 0 Å². The molecule has 0 N–H and O–H groups in total. The predicted octanol–water partition coefficient (Wildman–Crippen LogP) is 6.76. The summed E-state index contributed by atoms with van der Waals surface area (Å²) in [6.07, 6.45) is 0. The van der Waals surface area contributed by atoms with Gasteiger partial charge in [-0.2, -0.15) is 0 Å². The van der Waals surface area contributed by atoms with E-state index in [2.05, 4.69) is 93.3 Å². The van der Waals surface area contributed by atoms with Gasteiger partial charge in [-0.15, -0.1) is 11.3 Å². The second kappa shape index (κ2) is 4.95. The van der Waals surface area contributed by atoms with Crippen LogP contribution in [-0.4, -0.2) is 4.57 Å². The number of hydrogen-bond acceptors (Lipinski definition) is 1. The first-order chi connectivity index (χ1) is 11.3. The van der Waals surface area contributed by atoms with Crippen molar-refractivity contribution in [2.45, 2.75) is 0 Å². The van der Waals surface area contributed by atoms with Crippen LogP contribution in [0.4, 0.5) is 0 Å². The third kappa shape index (κ3) is 1.84. The van der Waals surface area contributed by atoms with Crippen LogP contribution in [0.1, 0.15) is 0 Å². The SMILES string of the molecule is Brc1c(-n2c3ccccc3c3ccccc32)sc2ccccc12. The Labute approximate surface area is 145 Å². The van der Waals surface area contributed by atoms with E-state index in [0.29, 0.717) is 0 Å². The van der Waals surface area contributed by atoms with Crippen LogP contribution < -0.4 is 0 Å². The summed E-state index contributed by atoms with van der Waals surface area (Å²) in [7, 11) is 0. The summed E-state index contributed by atoms with van der Waals surface area (Å²) in [5.41, 5.74) is 2.50. The molecule has 1 nitrogen and oxygen atoms in total. The molecule has 3 heteroatoms. The van der Waals surface area contributed by atoms with Crippen LogP contribution in [0.2, 0.25) is 0 Å². The summed E-state index contributed by atoms with van der Waals surface area (Å²) in [4.78, 5) is 0. The van der Waals surface area contributed by atoms with Crippen molar-refractivity contribution in [2.24, 2.45) is 0 Å². The molecule has 5 aromatic rings. The largest absolute Gasteiger partial charge is 0.300 e. The van der Waals surface area contributed by atoms with Crippen molar-refractivity contribution < 1.29 is 0 Å². The lowest BCUT2D eigenvalue weighted by Gasteiger charge is -2.05. The molecule has 0 amide bonds. The fourth-order valence-corrected chi connectivity index (χ4v) is 5.31. The topological polar surface area (TPSA) is 4.93 Å². The highest BCUT2D eigenvalue weighted by Gasteiger charge is 2.17. The molecule has 0 radical (unpaired) electrons. The molecule has 0 unspecified atom stereocenters. The number of nitrogens with zero attached hydrogens (tertiary/aromatic N) is 1. The Balaban J connectivity index is 2.00. The van der Waals surface area contributed by atoms with Gasteiger partial charge in [-0.05, 0) is 34.1 Å². The molecule has 0 spiro atoms. The number of fused-ring (bicyclic) bond motifs is 4. The first kappa shape index (κ1) is 13.3. The Morgan fingerprint density at radius 2 is 1.17 bits per heavy atom. The molecule has 23 heavy (non-hydrogen) atoms. The van der Waals surface area contributed by atoms with Crippen LogP contribution in [0, 0.1) is 0 Å². The molecule has 2 heterocycles. The van der Waals surface area contributed by atoms with Gasteiger partial charge >= 0.3 is 0 Å². The van der Waals surface area contributed by atoms with Gasteiger partial charge in [-0.25, -0.2) is 0 Å². The first-order valence-electron chi connectivity index (χ1n) is 7.50. The smallest absolute Gasteiger partial charge is 0.116 e. The van der Waals surface area contributed by atoms with Crippen molar-refractivity contribution in [3.63, 3.8) is 0 Å². The summed E-state index contributed by atoms with van der Waals surface area (Å²) >= 11 is 5.66. The second-order valence-corrected chi connectivity index (χ2v) is 7.41. The minimum absolute atomic E-state index is 1.17. The van der Waals surface area contributed by atoms with E-state index in [1.807, 2.05) is 11.3 Å². The fraction of sp³-hybridized carbons (Fsp3) is 0. The monoisotopic (exact) mass is 377 g/mol. The van der Waals surface area contributed by atoms with Gasteiger partial charge in [-0.3, -0.25) is 4.57 Å². The van der Waals surface area contributed by atoms with Crippen LogP contribution in [0.25, 0.3) is 36.9 Å². The number of thiophene rings is 1. The van der Waals surface area contributed by atoms with Crippen molar-refractivity contribution in [1.82, 2.24) is 4.57 Å². The minimum Gasteiger partial charge on any atom is -0.300 e. The molecule has 0 bridgehead atoms. The van der Waals surface area contributed by atoms with Crippen molar-refractivity contribution in [3.05, 3.63) is 77.3 Å². The number of para-hydroxylation sites is 2. The lowest BCUT2D eigenvalue weighted by atomic mass is 10.2. The van der Waals surface area contributed by atoms with Gasteiger partial charge in [0.05, 0.1) is 15.5 Å². The van der Waals surface area contributed by atoms with Gasteiger partial charge in [0.2, 0.25) is 0 Å². The Kier molecular flexibility index (Phi) is 2.87. The average molecular weight is 378 g/mol. The molecule has 0 aliphatic rings. The van der Waals surface area contributed by atoms with E-state index < -0.39 is 0 Å². The van der Waals surface area contributed by atoms with E-state index >= 15 is 0 Å². The Bertz CT molecular complexity index is 1130. The normalized spacial score (nSPS) is 11.7. The van der Waals surface area contributed by atoms with Crippen LogP contribution in [0.5, 0.6) is 0 Å². The Hall–Kier alpha value is -2.10. The van der Waals surface area contributed by atoms with E-state index in [1.54, 1.807) is 0 Å². The summed E-state index contributed by atoms with van der Waals surface area (Å²) in [6.45, 7) is 0. The van der Waals surface area contributed by atoms with E-state index in [-0.39, 0.29) is 0 Å². The quantitative estimate of drug-likeness (QED) is 0.304. The van der Waals surface area contributed by atoms with Gasteiger partial charge in [0, 0.05) is 20.9 Å². The molecular weight excluding hydrogens is 366 g/mol. The number of halogens is 1. The van der Waals surface area contributed by atoms with Crippen LogP contribution in [-0.2, 0) is 0 Å². The van der Waals surface area contributed by atoms with Gasteiger partial charge < -0.3 is 0 Å². The molecule has 2 aromatic heterocycles. The highest BCUT2D eigenvalue weighted by molar-refractivity contribution is 9.10. The zero-order chi connectivity index (χ0) is 15.4. The summed E-state index contributed by atoms with van der Waals surface area (Å²) in [6, 6.07) is 25.8. The maximum atomic E-state index is 3.83. The van der Waals surface area contributed by atoms with Crippen molar-refractivity contribution in [1.29, 1.82) is 0 Å². The van der Waals surface area contributed by atoms with Crippen molar-refractivity contribution in [3.8, 4) is 5.00 Å². The Morgan fingerprint density at radius 1 is 0.652 bits per heavy atom. The molecule has 3 aromatic carbocycles. The highest BCUT2D eigenvalue weighted by atomic mass is 79.9. The lowest BCUT2D eigenvalue weighted by molar-refractivity contribution is 1.22. The molecule has 0 aliphatic carbocycles. The zero-order valence-electron chi connectivity index (χ0n) is 12.2. The highest BCUT2D eigenvalue weighted by Crippen LogP contribution is 2.42. The zero-order valence-corrected chi connectivity index (χ0v) is 14.6. The molecule has 0 aliphatic heterocycles. The molecule has 0 saturated carbocycles. The maximum Gasteiger partial charge on any atom is 0.116 e. The van der Waals surface area contributed by atoms with Crippen LogP contribution >= 0.6 is 27.3 Å². The number of hydrogen-bond donors (Lipinski definition) is 0. The van der Waals surface area contributed by atoms with Gasteiger partial charge in [0.1, 0.15) is 5.00 Å². The van der Waals surface area contributed by atoms with E-state index in [0.717, 1.165) is 0 Å². The number of benzene rings is 3. The number of aromatic nitrogens is 1. The second-order valence-electron chi connectivity index (χ2n) is 5.59. The van der Waals surface area contributed by atoms with Crippen molar-refractivity contribution >= 4 is 59.2 Å². The average Bonchev–Trinajstić information content (AvgIpc) is 3.11. The van der Waals surface area contributed by atoms with E-state index in [4.69, 9.17) is 0 Å². The summed E-state index contributed by atoms with van der Waals surface area (Å²) in [5, 5.41) is 5.11. The maximum absolute atomic E-state index is 3.83. The van der Waals surface area contributed by atoms with E-state index in [1.165, 1.54) is 41.4 Å². The molecule has 5 rings (SSSR count). The molecular formula is C20H12BrNS. The standard InChI is InChI=1S/C20H12BrNS/c21-19-15-9-3-6-12-18(15)23-20(19)22-16-10-4-1-7-13(16)14-8-2-5-11-17(14)22/h1-12H. The molecule has 110 valence electrons. The third-order valence-corrected chi connectivity index (χ3v) is 6.52. The Morgan fingerprint density at radius 3 is 1.78 bits per heavy atom. The third-order valence-electron chi connectivity index (χ3n) is 4.30. The lowest BCUT2D eigenvalue weighted by Crippen LogP contribution is -1.90. The molecule has 0 saturated heterocycles. The summed E-state index contributed by atoms with van der Waals surface area (Å²) in [5.74, 6) is 0. The first-order valence-corrected chi connectivity index (χ1v) is 9.11. The van der Waals surface area contributed by atoms with Gasteiger partial charge in [-0.1, -0.05) is 54.6 Å². The fourth-order valence-electron chi connectivity index (χ4n) is 3.29. The van der Waals surface area contributed by atoms with Gasteiger partial charge in [0.15, 0.2) is 0 Å². The van der Waals surface area contributed by atoms with Crippen LogP contribution in [0.3, 0.4) is 0 Å². The minimum atomic E-state index is 1.17. The number of rotatable bonds is 1.